The number of rotatable bonds is 3. The molecule has 17 heavy (non-hydrogen) atoms. The van der Waals surface area contributed by atoms with Crippen LogP contribution in [0.2, 0.25) is 0 Å². The van der Waals surface area contributed by atoms with Crippen molar-refractivity contribution in [1.29, 1.82) is 0 Å². The Balaban J connectivity index is 0.00000144. The molecule has 0 aliphatic carbocycles. The van der Waals surface area contributed by atoms with Gasteiger partial charge in [0.15, 0.2) is 0 Å². The van der Waals surface area contributed by atoms with Gasteiger partial charge in [-0.3, -0.25) is 0 Å². The molecule has 1 aromatic heterocycles. The first-order valence-electron chi connectivity index (χ1n) is 4.75. The highest BCUT2D eigenvalue weighted by molar-refractivity contribution is 7.09. The SMILES string of the molecule is C.O=C(OCc1cccs1)c1ccccc1O. The summed E-state index contributed by atoms with van der Waals surface area (Å²) < 4.78 is 5.06. The Kier molecular flexibility index (Phi) is 4.72. The highest BCUT2D eigenvalue weighted by atomic mass is 32.1. The summed E-state index contributed by atoms with van der Waals surface area (Å²) in [6.45, 7) is 0.241. The van der Waals surface area contributed by atoms with Gasteiger partial charge in [0.25, 0.3) is 0 Å². The molecule has 0 fully saturated rings. The average molecular weight is 250 g/mol. The third-order valence-corrected chi connectivity index (χ3v) is 2.90. The maximum atomic E-state index is 11.6. The summed E-state index contributed by atoms with van der Waals surface area (Å²) in [6.07, 6.45) is 0. The number of esters is 1. The van der Waals surface area contributed by atoms with Crippen LogP contribution in [0.4, 0.5) is 0 Å². The highest BCUT2D eigenvalue weighted by Gasteiger charge is 2.11. The van der Waals surface area contributed by atoms with Crippen molar-refractivity contribution in [2.24, 2.45) is 0 Å². The van der Waals surface area contributed by atoms with E-state index in [1.165, 1.54) is 23.5 Å². The molecule has 1 heterocycles. The lowest BCUT2D eigenvalue weighted by Gasteiger charge is -2.04. The number of thiophene rings is 1. The molecule has 0 unspecified atom stereocenters. The van der Waals surface area contributed by atoms with E-state index in [9.17, 15) is 9.90 Å². The number of para-hydroxylation sites is 1. The molecule has 2 rings (SSSR count). The van der Waals surface area contributed by atoms with Gasteiger partial charge in [0.2, 0.25) is 0 Å². The summed E-state index contributed by atoms with van der Waals surface area (Å²) in [4.78, 5) is 12.6. The number of hydrogen-bond acceptors (Lipinski definition) is 4. The molecule has 0 radical (unpaired) electrons. The van der Waals surface area contributed by atoms with Crippen LogP contribution in [0.3, 0.4) is 0 Å². The van der Waals surface area contributed by atoms with E-state index in [4.69, 9.17) is 4.74 Å². The Labute approximate surface area is 104 Å². The Morgan fingerprint density at radius 1 is 1.24 bits per heavy atom. The second-order valence-electron chi connectivity index (χ2n) is 3.17. The number of phenols is 1. The molecule has 2 aromatic rings. The third-order valence-electron chi connectivity index (χ3n) is 2.05. The minimum atomic E-state index is -0.508. The summed E-state index contributed by atoms with van der Waals surface area (Å²) in [6, 6.07) is 10.1. The smallest absolute Gasteiger partial charge is 0.342 e. The van der Waals surface area contributed by atoms with Crippen molar-refractivity contribution >= 4 is 17.3 Å². The van der Waals surface area contributed by atoms with E-state index in [0.29, 0.717) is 0 Å². The van der Waals surface area contributed by atoms with Crippen molar-refractivity contribution in [3.05, 3.63) is 52.2 Å². The molecule has 0 atom stereocenters. The first-order chi connectivity index (χ1) is 7.77. The molecule has 4 heteroatoms. The first kappa shape index (κ1) is 13.3. The molecule has 0 saturated carbocycles. The van der Waals surface area contributed by atoms with Crippen LogP contribution in [-0.4, -0.2) is 11.1 Å². The van der Waals surface area contributed by atoms with E-state index in [0.717, 1.165) is 4.88 Å². The fraction of sp³-hybridized carbons (Fsp3) is 0.154. The van der Waals surface area contributed by atoms with Crippen LogP contribution < -0.4 is 0 Å². The second kappa shape index (κ2) is 6.06. The fourth-order valence-electron chi connectivity index (χ4n) is 1.26. The van der Waals surface area contributed by atoms with Gasteiger partial charge < -0.3 is 9.84 Å². The number of carbonyl (C=O) groups excluding carboxylic acids is 1. The van der Waals surface area contributed by atoms with Crippen molar-refractivity contribution in [1.82, 2.24) is 0 Å². The van der Waals surface area contributed by atoms with Gasteiger partial charge in [-0.05, 0) is 23.6 Å². The summed E-state index contributed by atoms with van der Waals surface area (Å²) >= 11 is 1.52. The van der Waals surface area contributed by atoms with E-state index in [2.05, 4.69) is 0 Å². The lowest BCUT2D eigenvalue weighted by atomic mass is 10.2. The zero-order valence-electron chi connectivity index (χ0n) is 8.42. The van der Waals surface area contributed by atoms with Crippen LogP contribution in [0.15, 0.2) is 41.8 Å². The number of carbonyl (C=O) groups is 1. The summed E-state index contributed by atoms with van der Waals surface area (Å²) in [7, 11) is 0. The first-order valence-corrected chi connectivity index (χ1v) is 5.63. The van der Waals surface area contributed by atoms with Gasteiger partial charge >= 0.3 is 5.97 Å². The number of ether oxygens (including phenoxy) is 1. The van der Waals surface area contributed by atoms with Crippen molar-refractivity contribution in [2.45, 2.75) is 14.0 Å². The van der Waals surface area contributed by atoms with Crippen LogP contribution >= 0.6 is 11.3 Å². The molecule has 0 spiro atoms. The van der Waals surface area contributed by atoms with Crippen molar-refractivity contribution in [3.63, 3.8) is 0 Å². The lowest BCUT2D eigenvalue weighted by Crippen LogP contribution is -2.04. The molecule has 0 saturated heterocycles. The molecule has 0 amide bonds. The summed E-state index contributed by atoms with van der Waals surface area (Å²) in [5.41, 5.74) is 0.194. The lowest BCUT2D eigenvalue weighted by molar-refractivity contribution is 0.0473. The van der Waals surface area contributed by atoms with E-state index in [1.807, 2.05) is 17.5 Å². The Bertz CT molecular complexity index is 477. The molecule has 0 aliphatic heterocycles. The van der Waals surface area contributed by atoms with Crippen molar-refractivity contribution in [3.8, 4) is 5.75 Å². The predicted molar refractivity (Wildman–Crippen MR) is 68.3 cm³/mol. The molecule has 1 N–H and O–H groups in total. The molecular formula is C13H14O3S. The van der Waals surface area contributed by atoms with Crippen LogP contribution in [0, 0.1) is 0 Å². The monoisotopic (exact) mass is 250 g/mol. The molecule has 0 bridgehead atoms. The number of aromatic hydroxyl groups is 1. The Morgan fingerprint density at radius 3 is 2.65 bits per heavy atom. The number of benzene rings is 1. The topological polar surface area (TPSA) is 46.5 Å². The Morgan fingerprint density at radius 2 is 2.00 bits per heavy atom. The minimum Gasteiger partial charge on any atom is -0.507 e. The van der Waals surface area contributed by atoms with Gasteiger partial charge in [-0.2, -0.15) is 0 Å². The van der Waals surface area contributed by atoms with Crippen LogP contribution in [-0.2, 0) is 11.3 Å². The summed E-state index contributed by atoms with van der Waals surface area (Å²) in [5.74, 6) is -0.565. The van der Waals surface area contributed by atoms with Crippen molar-refractivity contribution in [2.75, 3.05) is 0 Å². The third kappa shape index (κ3) is 3.32. The highest BCUT2D eigenvalue weighted by Crippen LogP contribution is 2.18. The largest absolute Gasteiger partial charge is 0.507 e. The standard InChI is InChI=1S/C12H10O3S.CH4/c13-11-6-2-1-5-10(11)12(14)15-8-9-4-3-7-16-9;/h1-7,13H,8H2;1H4. The quantitative estimate of drug-likeness (QED) is 0.849. The second-order valence-corrected chi connectivity index (χ2v) is 4.20. The maximum Gasteiger partial charge on any atom is 0.342 e. The summed E-state index contributed by atoms with van der Waals surface area (Å²) in [5, 5.41) is 11.4. The van der Waals surface area contributed by atoms with Gasteiger partial charge in [-0.25, -0.2) is 4.79 Å². The predicted octanol–water partition coefficient (Wildman–Crippen LogP) is 3.45. The van der Waals surface area contributed by atoms with E-state index in [-0.39, 0.29) is 25.3 Å². The van der Waals surface area contributed by atoms with Crippen LogP contribution in [0.25, 0.3) is 0 Å². The van der Waals surface area contributed by atoms with Gasteiger partial charge in [0.05, 0.1) is 0 Å². The van der Waals surface area contributed by atoms with Gasteiger partial charge in [0.1, 0.15) is 17.9 Å². The van der Waals surface area contributed by atoms with Gasteiger partial charge in [-0.15, -0.1) is 11.3 Å². The number of phenolic OH excluding ortho intramolecular Hbond substituents is 1. The van der Waals surface area contributed by atoms with E-state index < -0.39 is 5.97 Å². The molecule has 90 valence electrons. The van der Waals surface area contributed by atoms with E-state index in [1.54, 1.807) is 12.1 Å². The van der Waals surface area contributed by atoms with E-state index >= 15 is 0 Å². The maximum absolute atomic E-state index is 11.6. The molecular weight excluding hydrogens is 236 g/mol. The van der Waals surface area contributed by atoms with Gasteiger partial charge in [-0.1, -0.05) is 25.6 Å². The fourth-order valence-corrected chi connectivity index (χ4v) is 1.87. The zero-order valence-corrected chi connectivity index (χ0v) is 9.24. The zero-order chi connectivity index (χ0) is 11.4. The molecule has 3 nitrogen and oxygen atoms in total. The molecule has 1 aromatic carbocycles. The minimum absolute atomic E-state index is 0. The average Bonchev–Trinajstić information content (AvgIpc) is 2.79. The van der Waals surface area contributed by atoms with Crippen LogP contribution in [0.5, 0.6) is 5.75 Å². The normalized spacial score (nSPS) is 9.41. The van der Waals surface area contributed by atoms with Gasteiger partial charge in [0, 0.05) is 4.88 Å². The van der Waals surface area contributed by atoms with Crippen LogP contribution in [0.1, 0.15) is 22.7 Å². The molecule has 0 aliphatic rings. The Hall–Kier alpha value is -1.81. The van der Waals surface area contributed by atoms with Crippen molar-refractivity contribution < 1.29 is 14.6 Å². The number of hydrogen-bond donors (Lipinski definition) is 1.